The van der Waals surface area contributed by atoms with Crippen molar-refractivity contribution in [3.63, 3.8) is 0 Å². The second-order valence-electron chi connectivity index (χ2n) is 4.19. The number of hydrogen-bond acceptors (Lipinski definition) is 2. The molecular formula is C14H20ClNO. The third kappa shape index (κ3) is 4.80. The van der Waals surface area contributed by atoms with Crippen LogP contribution in [-0.4, -0.2) is 12.6 Å². The molecule has 2 N–H and O–H groups in total. The van der Waals surface area contributed by atoms with E-state index < -0.39 is 0 Å². The SMILES string of the molecule is C=CCCCOc1c(Cl)cccc1CC(C)N. The number of benzene rings is 1. The molecule has 0 aromatic heterocycles. The molecule has 1 rings (SSSR count). The molecule has 0 heterocycles. The van der Waals surface area contributed by atoms with Gasteiger partial charge in [-0.15, -0.1) is 6.58 Å². The van der Waals surface area contributed by atoms with Crippen molar-refractivity contribution in [1.82, 2.24) is 0 Å². The summed E-state index contributed by atoms with van der Waals surface area (Å²) in [5, 5.41) is 0.654. The fraction of sp³-hybridized carbons (Fsp3) is 0.429. The zero-order chi connectivity index (χ0) is 12.7. The highest BCUT2D eigenvalue weighted by atomic mass is 35.5. The molecule has 0 amide bonds. The molecule has 1 atom stereocenters. The van der Waals surface area contributed by atoms with E-state index in [1.807, 2.05) is 31.2 Å². The van der Waals surface area contributed by atoms with Crippen LogP contribution in [0.25, 0.3) is 0 Å². The Hall–Kier alpha value is -0.990. The predicted molar refractivity (Wildman–Crippen MR) is 73.7 cm³/mol. The zero-order valence-corrected chi connectivity index (χ0v) is 11.0. The first kappa shape index (κ1) is 14.1. The molecule has 1 unspecified atom stereocenters. The Kier molecular flexibility index (Phi) is 6.09. The third-order valence-electron chi connectivity index (χ3n) is 2.39. The lowest BCUT2D eigenvalue weighted by Crippen LogP contribution is -2.18. The zero-order valence-electron chi connectivity index (χ0n) is 10.3. The summed E-state index contributed by atoms with van der Waals surface area (Å²) in [4.78, 5) is 0. The lowest BCUT2D eigenvalue weighted by atomic mass is 10.1. The van der Waals surface area contributed by atoms with Crippen molar-refractivity contribution in [2.45, 2.75) is 32.2 Å². The molecule has 17 heavy (non-hydrogen) atoms. The van der Waals surface area contributed by atoms with Crippen molar-refractivity contribution in [3.05, 3.63) is 41.4 Å². The van der Waals surface area contributed by atoms with Gasteiger partial charge in [-0.3, -0.25) is 0 Å². The molecule has 0 spiro atoms. The van der Waals surface area contributed by atoms with Gasteiger partial charge in [0.15, 0.2) is 0 Å². The van der Waals surface area contributed by atoms with Gasteiger partial charge in [0.05, 0.1) is 11.6 Å². The molecule has 2 nitrogen and oxygen atoms in total. The van der Waals surface area contributed by atoms with Crippen molar-refractivity contribution < 1.29 is 4.74 Å². The standard InChI is InChI=1S/C14H20ClNO/c1-3-4-5-9-17-14-12(10-11(2)16)7-6-8-13(14)15/h3,6-8,11H,1,4-5,9-10,16H2,2H3. The van der Waals surface area contributed by atoms with Gasteiger partial charge >= 0.3 is 0 Å². The number of halogens is 1. The summed E-state index contributed by atoms with van der Waals surface area (Å²) >= 11 is 6.14. The van der Waals surface area contributed by atoms with Gasteiger partial charge in [0.2, 0.25) is 0 Å². The van der Waals surface area contributed by atoms with Crippen LogP contribution in [0.15, 0.2) is 30.9 Å². The molecule has 94 valence electrons. The van der Waals surface area contributed by atoms with Gasteiger partial charge in [-0.2, -0.15) is 0 Å². The van der Waals surface area contributed by atoms with E-state index in [0.29, 0.717) is 11.6 Å². The Labute approximate surface area is 108 Å². The molecule has 3 heteroatoms. The van der Waals surface area contributed by atoms with Crippen LogP contribution in [0.2, 0.25) is 5.02 Å². The Morgan fingerprint density at radius 3 is 2.94 bits per heavy atom. The van der Waals surface area contributed by atoms with Gasteiger partial charge in [0.25, 0.3) is 0 Å². The largest absolute Gasteiger partial charge is 0.492 e. The van der Waals surface area contributed by atoms with Crippen LogP contribution in [0.5, 0.6) is 5.75 Å². The molecule has 1 aromatic carbocycles. The van der Waals surface area contributed by atoms with Gasteiger partial charge < -0.3 is 10.5 Å². The maximum Gasteiger partial charge on any atom is 0.141 e. The monoisotopic (exact) mass is 253 g/mol. The summed E-state index contributed by atoms with van der Waals surface area (Å²) in [6.45, 7) is 6.31. The minimum atomic E-state index is 0.101. The van der Waals surface area contributed by atoms with Crippen molar-refractivity contribution in [3.8, 4) is 5.75 Å². The highest BCUT2D eigenvalue weighted by molar-refractivity contribution is 6.32. The first-order valence-electron chi connectivity index (χ1n) is 5.91. The number of unbranched alkanes of at least 4 members (excludes halogenated alkanes) is 1. The highest BCUT2D eigenvalue weighted by Crippen LogP contribution is 2.29. The van der Waals surface area contributed by atoms with Crippen molar-refractivity contribution >= 4 is 11.6 Å². The van der Waals surface area contributed by atoms with Crippen LogP contribution in [0.4, 0.5) is 0 Å². The average Bonchev–Trinajstić information content (AvgIpc) is 2.26. The number of nitrogens with two attached hydrogens (primary N) is 1. The molecule has 1 aromatic rings. The van der Waals surface area contributed by atoms with Crippen molar-refractivity contribution in [2.24, 2.45) is 5.73 Å². The third-order valence-corrected chi connectivity index (χ3v) is 2.69. The van der Waals surface area contributed by atoms with E-state index in [1.165, 1.54) is 0 Å². The number of para-hydroxylation sites is 1. The second-order valence-corrected chi connectivity index (χ2v) is 4.60. The number of allylic oxidation sites excluding steroid dienone is 1. The second kappa shape index (κ2) is 7.36. The Morgan fingerprint density at radius 1 is 1.53 bits per heavy atom. The van der Waals surface area contributed by atoms with Crippen molar-refractivity contribution in [1.29, 1.82) is 0 Å². The molecular weight excluding hydrogens is 234 g/mol. The minimum Gasteiger partial charge on any atom is -0.492 e. The topological polar surface area (TPSA) is 35.2 Å². The highest BCUT2D eigenvalue weighted by Gasteiger charge is 2.09. The van der Waals surface area contributed by atoms with Crippen LogP contribution in [-0.2, 0) is 6.42 Å². The van der Waals surface area contributed by atoms with Gasteiger partial charge in [-0.25, -0.2) is 0 Å². The summed E-state index contributed by atoms with van der Waals surface area (Å²) in [6, 6.07) is 5.88. The van der Waals surface area contributed by atoms with Crippen LogP contribution in [0.3, 0.4) is 0 Å². The average molecular weight is 254 g/mol. The molecule has 0 aliphatic heterocycles. The van der Waals surface area contributed by atoms with E-state index in [-0.39, 0.29) is 6.04 Å². The fourth-order valence-electron chi connectivity index (χ4n) is 1.62. The molecule has 0 bridgehead atoms. The maximum atomic E-state index is 6.14. The summed E-state index contributed by atoms with van der Waals surface area (Å²) in [7, 11) is 0. The van der Waals surface area contributed by atoms with Crippen LogP contribution in [0, 0.1) is 0 Å². The van der Waals surface area contributed by atoms with E-state index in [2.05, 4.69) is 6.58 Å². The molecule has 0 saturated carbocycles. The van der Waals surface area contributed by atoms with E-state index in [0.717, 1.165) is 30.6 Å². The quantitative estimate of drug-likeness (QED) is 0.596. The van der Waals surface area contributed by atoms with Gasteiger partial charge in [0.1, 0.15) is 5.75 Å². The van der Waals surface area contributed by atoms with Crippen LogP contribution in [0.1, 0.15) is 25.3 Å². The van der Waals surface area contributed by atoms with Crippen molar-refractivity contribution in [2.75, 3.05) is 6.61 Å². The Bertz CT molecular complexity index is 363. The maximum absolute atomic E-state index is 6.14. The molecule has 0 aliphatic rings. The fourth-order valence-corrected chi connectivity index (χ4v) is 1.87. The minimum absolute atomic E-state index is 0.101. The van der Waals surface area contributed by atoms with Gasteiger partial charge in [0, 0.05) is 6.04 Å². The van der Waals surface area contributed by atoms with Crippen LogP contribution < -0.4 is 10.5 Å². The summed E-state index contributed by atoms with van der Waals surface area (Å²) in [6.07, 6.45) is 4.57. The lowest BCUT2D eigenvalue weighted by Gasteiger charge is -2.14. The van der Waals surface area contributed by atoms with Gasteiger partial charge in [-0.1, -0.05) is 29.8 Å². The smallest absolute Gasteiger partial charge is 0.141 e. The molecule has 0 fully saturated rings. The first-order chi connectivity index (χ1) is 8.15. The number of ether oxygens (including phenoxy) is 1. The molecule has 0 aliphatic carbocycles. The van der Waals surface area contributed by atoms with Gasteiger partial charge in [-0.05, 0) is 37.8 Å². The normalized spacial score (nSPS) is 12.2. The van der Waals surface area contributed by atoms with E-state index in [1.54, 1.807) is 0 Å². The summed E-state index contributed by atoms with van der Waals surface area (Å²) < 4.78 is 5.74. The Morgan fingerprint density at radius 2 is 2.29 bits per heavy atom. The number of hydrogen-bond donors (Lipinski definition) is 1. The molecule has 0 radical (unpaired) electrons. The predicted octanol–water partition coefficient (Wildman–Crippen LogP) is 3.57. The Balaban J connectivity index is 2.69. The first-order valence-corrected chi connectivity index (χ1v) is 6.29. The van der Waals surface area contributed by atoms with E-state index in [4.69, 9.17) is 22.1 Å². The summed E-state index contributed by atoms with van der Waals surface area (Å²) in [5.41, 5.74) is 6.88. The molecule has 0 saturated heterocycles. The van der Waals surface area contributed by atoms with Crippen LogP contribution >= 0.6 is 11.6 Å². The van der Waals surface area contributed by atoms with E-state index in [9.17, 15) is 0 Å². The van der Waals surface area contributed by atoms with E-state index >= 15 is 0 Å². The summed E-state index contributed by atoms with van der Waals surface area (Å²) in [5.74, 6) is 0.774. The number of rotatable bonds is 7. The lowest BCUT2D eigenvalue weighted by molar-refractivity contribution is 0.308.